The second kappa shape index (κ2) is 7.40. The van der Waals surface area contributed by atoms with Crippen LogP contribution in [0.15, 0.2) is 23.8 Å². The number of hydrogen-bond donors (Lipinski definition) is 1. The van der Waals surface area contributed by atoms with Gasteiger partial charge in [0.2, 0.25) is 0 Å². The molecular weight excluding hydrogens is 256 g/mol. The second-order valence-corrected chi connectivity index (χ2v) is 5.66. The Bertz CT molecular complexity index is 464. The number of hydrogen-bond acceptors (Lipinski definition) is 4. The van der Waals surface area contributed by atoms with E-state index in [1.807, 2.05) is 16.0 Å². The van der Waals surface area contributed by atoms with Crippen molar-refractivity contribution in [2.75, 3.05) is 6.54 Å². The van der Waals surface area contributed by atoms with Crippen LogP contribution in [0.5, 0.6) is 0 Å². The van der Waals surface area contributed by atoms with E-state index in [1.54, 1.807) is 6.33 Å². The average molecular weight is 278 g/mol. The monoisotopic (exact) mass is 278 g/mol. The van der Waals surface area contributed by atoms with Crippen LogP contribution < -0.4 is 5.32 Å². The van der Waals surface area contributed by atoms with E-state index >= 15 is 0 Å². The summed E-state index contributed by atoms with van der Waals surface area (Å²) in [5.74, 6) is 1.08. The summed E-state index contributed by atoms with van der Waals surface area (Å²) >= 11 is 1.82. The molecule has 0 radical (unpaired) electrons. The molecule has 0 aliphatic carbocycles. The van der Waals surface area contributed by atoms with E-state index in [0.29, 0.717) is 6.04 Å². The molecule has 0 aliphatic rings. The Hall–Kier alpha value is -1.20. The summed E-state index contributed by atoms with van der Waals surface area (Å²) in [6.07, 6.45) is 4.81. The van der Waals surface area contributed by atoms with Crippen LogP contribution in [-0.2, 0) is 19.4 Å². The van der Waals surface area contributed by atoms with Gasteiger partial charge in [-0.05, 0) is 37.8 Å². The predicted molar refractivity (Wildman–Crippen MR) is 79.5 cm³/mol. The van der Waals surface area contributed by atoms with Crippen molar-refractivity contribution in [3.8, 4) is 0 Å². The number of aromatic nitrogens is 3. The Morgan fingerprint density at radius 2 is 2.26 bits per heavy atom. The van der Waals surface area contributed by atoms with Crippen LogP contribution in [0.1, 0.15) is 31.0 Å². The van der Waals surface area contributed by atoms with Gasteiger partial charge in [0.1, 0.15) is 12.2 Å². The Morgan fingerprint density at radius 3 is 2.95 bits per heavy atom. The van der Waals surface area contributed by atoms with E-state index in [4.69, 9.17) is 0 Å². The highest BCUT2D eigenvalue weighted by atomic mass is 32.1. The van der Waals surface area contributed by atoms with Gasteiger partial charge in [0.05, 0.1) is 0 Å². The highest BCUT2D eigenvalue weighted by Crippen LogP contribution is 2.13. The zero-order valence-electron chi connectivity index (χ0n) is 11.7. The number of nitrogens with zero attached hydrogens (tertiary/aromatic N) is 3. The number of aryl methyl sites for hydroxylation is 1. The zero-order valence-corrected chi connectivity index (χ0v) is 12.5. The molecule has 19 heavy (non-hydrogen) atoms. The van der Waals surface area contributed by atoms with Crippen molar-refractivity contribution in [3.05, 3.63) is 34.5 Å². The summed E-state index contributed by atoms with van der Waals surface area (Å²) in [4.78, 5) is 5.81. The summed E-state index contributed by atoms with van der Waals surface area (Å²) < 4.78 is 1.98. The summed E-state index contributed by atoms with van der Waals surface area (Å²) in [6.45, 7) is 6.24. The molecule has 104 valence electrons. The minimum absolute atomic E-state index is 0.438. The van der Waals surface area contributed by atoms with Gasteiger partial charge < -0.3 is 5.32 Å². The fourth-order valence-corrected chi connectivity index (χ4v) is 2.95. The molecule has 2 aromatic rings. The highest BCUT2D eigenvalue weighted by Gasteiger charge is 2.14. The highest BCUT2D eigenvalue weighted by molar-refractivity contribution is 7.09. The Labute approximate surface area is 118 Å². The molecule has 2 rings (SSSR count). The van der Waals surface area contributed by atoms with Crippen molar-refractivity contribution < 1.29 is 0 Å². The fourth-order valence-electron chi connectivity index (χ4n) is 2.17. The van der Waals surface area contributed by atoms with Gasteiger partial charge in [-0.15, -0.1) is 11.3 Å². The Balaban J connectivity index is 2.00. The van der Waals surface area contributed by atoms with Crippen LogP contribution in [0.3, 0.4) is 0 Å². The average Bonchev–Trinajstić information content (AvgIpc) is 3.07. The normalized spacial score (nSPS) is 12.7. The van der Waals surface area contributed by atoms with Crippen LogP contribution in [0.4, 0.5) is 0 Å². The molecule has 0 bridgehead atoms. The van der Waals surface area contributed by atoms with Crippen molar-refractivity contribution in [3.63, 3.8) is 0 Å². The molecule has 0 spiro atoms. The summed E-state index contributed by atoms with van der Waals surface area (Å²) in [7, 11) is 0. The number of nitrogens with one attached hydrogen (secondary N) is 1. The number of rotatable bonds is 8. The maximum absolute atomic E-state index is 4.38. The molecule has 0 aromatic carbocycles. The molecule has 4 nitrogen and oxygen atoms in total. The van der Waals surface area contributed by atoms with Gasteiger partial charge >= 0.3 is 0 Å². The van der Waals surface area contributed by atoms with Crippen molar-refractivity contribution >= 4 is 11.3 Å². The molecule has 2 aromatic heterocycles. The lowest BCUT2D eigenvalue weighted by Gasteiger charge is -2.17. The van der Waals surface area contributed by atoms with E-state index in [2.05, 4.69) is 46.8 Å². The van der Waals surface area contributed by atoms with Crippen LogP contribution in [0.25, 0.3) is 0 Å². The zero-order chi connectivity index (χ0) is 13.5. The van der Waals surface area contributed by atoms with Crippen LogP contribution in [-0.4, -0.2) is 27.4 Å². The second-order valence-electron chi connectivity index (χ2n) is 4.63. The molecule has 1 N–H and O–H groups in total. The van der Waals surface area contributed by atoms with E-state index in [1.165, 1.54) is 4.88 Å². The molecule has 0 saturated heterocycles. The van der Waals surface area contributed by atoms with E-state index < -0.39 is 0 Å². The van der Waals surface area contributed by atoms with Gasteiger partial charge in [-0.2, -0.15) is 5.10 Å². The maximum Gasteiger partial charge on any atom is 0.138 e. The van der Waals surface area contributed by atoms with E-state index in [0.717, 1.165) is 38.2 Å². The first-order valence-corrected chi connectivity index (χ1v) is 7.83. The summed E-state index contributed by atoms with van der Waals surface area (Å²) in [6, 6.07) is 4.76. The molecule has 5 heteroatoms. The molecule has 1 unspecified atom stereocenters. The standard InChI is InChI=1S/C14H22N4S/c1-3-7-15-12(9-13-6-5-8-19-13)10-14-16-11-17-18(14)4-2/h5-6,8,11-12,15H,3-4,7,9-10H2,1-2H3. The van der Waals surface area contributed by atoms with Crippen LogP contribution in [0, 0.1) is 0 Å². The maximum atomic E-state index is 4.38. The molecule has 0 amide bonds. The summed E-state index contributed by atoms with van der Waals surface area (Å²) in [5, 5.41) is 10.0. The van der Waals surface area contributed by atoms with Gasteiger partial charge in [-0.1, -0.05) is 13.0 Å². The lowest BCUT2D eigenvalue weighted by atomic mass is 10.1. The fraction of sp³-hybridized carbons (Fsp3) is 0.571. The Kier molecular flexibility index (Phi) is 5.54. The van der Waals surface area contributed by atoms with Gasteiger partial charge in [-0.25, -0.2) is 4.98 Å². The van der Waals surface area contributed by atoms with Crippen molar-refractivity contribution in [1.29, 1.82) is 0 Å². The quantitative estimate of drug-likeness (QED) is 0.807. The number of thiophene rings is 1. The first-order chi connectivity index (χ1) is 9.33. The van der Waals surface area contributed by atoms with Crippen LogP contribution in [0.2, 0.25) is 0 Å². The minimum Gasteiger partial charge on any atom is -0.313 e. The first-order valence-electron chi connectivity index (χ1n) is 6.96. The molecule has 0 aliphatic heterocycles. The van der Waals surface area contributed by atoms with Gasteiger partial charge in [0, 0.05) is 23.9 Å². The van der Waals surface area contributed by atoms with Crippen molar-refractivity contribution in [2.24, 2.45) is 0 Å². The molecule has 0 saturated carbocycles. The third kappa shape index (κ3) is 4.14. The lowest BCUT2D eigenvalue weighted by Crippen LogP contribution is -2.34. The molecule has 2 heterocycles. The minimum atomic E-state index is 0.438. The van der Waals surface area contributed by atoms with Gasteiger partial charge in [-0.3, -0.25) is 4.68 Å². The van der Waals surface area contributed by atoms with Gasteiger partial charge in [0.25, 0.3) is 0 Å². The first kappa shape index (κ1) is 14.2. The Morgan fingerprint density at radius 1 is 1.37 bits per heavy atom. The van der Waals surface area contributed by atoms with Crippen molar-refractivity contribution in [2.45, 2.75) is 45.7 Å². The largest absolute Gasteiger partial charge is 0.313 e. The smallest absolute Gasteiger partial charge is 0.138 e. The lowest BCUT2D eigenvalue weighted by molar-refractivity contribution is 0.480. The molecule has 1 atom stereocenters. The molecule has 0 fully saturated rings. The molecular formula is C14H22N4S. The van der Waals surface area contributed by atoms with E-state index in [9.17, 15) is 0 Å². The van der Waals surface area contributed by atoms with Crippen molar-refractivity contribution in [1.82, 2.24) is 20.1 Å². The van der Waals surface area contributed by atoms with Crippen LogP contribution >= 0.6 is 11.3 Å². The third-order valence-electron chi connectivity index (χ3n) is 3.13. The topological polar surface area (TPSA) is 42.7 Å². The van der Waals surface area contributed by atoms with E-state index in [-0.39, 0.29) is 0 Å². The third-order valence-corrected chi connectivity index (χ3v) is 4.03. The summed E-state index contributed by atoms with van der Waals surface area (Å²) in [5.41, 5.74) is 0. The predicted octanol–water partition coefficient (Wildman–Crippen LogP) is 2.51. The van der Waals surface area contributed by atoms with Gasteiger partial charge in [0.15, 0.2) is 0 Å². The SMILES string of the molecule is CCCNC(Cc1cccs1)Cc1ncnn1CC.